The SMILES string of the molecule is O=Cc1sc(C2CC2)cc1O. The highest BCUT2D eigenvalue weighted by atomic mass is 32.1. The standard InChI is InChI=1S/C8H8O2S/c9-4-8-6(10)3-7(11-8)5-1-2-5/h3-5,10H,1-2H2. The average molecular weight is 168 g/mol. The Hall–Kier alpha value is -0.830. The van der Waals surface area contributed by atoms with Crippen LogP contribution in [0.5, 0.6) is 5.75 Å². The normalized spacial score (nSPS) is 16.7. The molecule has 2 rings (SSSR count). The van der Waals surface area contributed by atoms with Crippen molar-refractivity contribution in [1.29, 1.82) is 0 Å². The van der Waals surface area contributed by atoms with Crippen molar-refractivity contribution in [2.24, 2.45) is 0 Å². The van der Waals surface area contributed by atoms with Crippen molar-refractivity contribution in [2.75, 3.05) is 0 Å². The molecule has 1 saturated carbocycles. The van der Waals surface area contributed by atoms with Gasteiger partial charge in [0.2, 0.25) is 0 Å². The van der Waals surface area contributed by atoms with Crippen LogP contribution >= 0.6 is 11.3 Å². The Morgan fingerprint density at radius 3 is 2.82 bits per heavy atom. The van der Waals surface area contributed by atoms with Crippen molar-refractivity contribution in [3.63, 3.8) is 0 Å². The molecule has 0 spiro atoms. The fourth-order valence-electron chi connectivity index (χ4n) is 1.07. The predicted molar refractivity (Wildman–Crippen MR) is 43.3 cm³/mol. The molecule has 0 amide bonds. The zero-order valence-corrected chi connectivity index (χ0v) is 6.73. The molecule has 0 unspecified atom stereocenters. The van der Waals surface area contributed by atoms with Crippen LogP contribution in [0.4, 0.5) is 0 Å². The first-order valence-corrected chi connectivity index (χ1v) is 4.41. The van der Waals surface area contributed by atoms with E-state index in [1.165, 1.54) is 24.2 Å². The lowest BCUT2D eigenvalue weighted by atomic mass is 10.3. The van der Waals surface area contributed by atoms with Crippen LogP contribution in [0.15, 0.2) is 6.07 Å². The monoisotopic (exact) mass is 168 g/mol. The Morgan fingerprint density at radius 1 is 1.64 bits per heavy atom. The lowest BCUT2D eigenvalue weighted by Gasteiger charge is -1.83. The summed E-state index contributed by atoms with van der Waals surface area (Å²) in [6, 6.07) is 1.71. The Labute approximate surface area is 68.5 Å². The van der Waals surface area contributed by atoms with Gasteiger partial charge >= 0.3 is 0 Å². The molecule has 11 heavy (non-hydrogen) atoms. The second kappa shape index (κ2) is 2.34. The lowest BCUT2D eigenvalue weighted by molar-refractivity contribution is 0.112. The Bertz CT molecular complexity index is 286. The van der Waals surface area contributed by atoms with E-state index in [0.717, 1.165) is 4.88 Å². The largest absolute Gasteiger partial charge is 0.506 e. The van der Waals surface area contributed by atoms with E-state index in [4.69, 9.17) is 0 Å². The molecule has 58 valence electrons. The summed E-state index contributed by atoms with van der Waals surface area (Å²) in [4.78, 5) is 12.0. The van der Waals surface area contributed by atoms with E-state index < -0.39 is 0 Å². The smallest absolute Gasteiger partial charge is 0.163 e. The molecule has 1 fully saturated rings. The van der Waals surface area contributed by atoms with E-state index in [1.807, 2.05) is 0 Å². The van der Waals surface area contributed by atoms with Crippen molar-refractivity contribution in [1.82, 2.24) is 0 Å². The van der Waals surface area contributed by atoms with Crippen molar-refractivity contribution in [3.05, 3.63) is 15.8 Å². The number of rotatable bonds is 2. The molecule has 1 aromatic rings. The van der Waals surface area contributed by atoms with Gasteiger partial charge in [0, 0.05) is 4.88 Å². The van der Waals surface area contributed by atoms with Crippen molar-refractivity contribution < 1.29 is 9.90 Å². The predicted octanol–water partition coefficient (Wildman–Crippen LogP) is 2.14. The van der Waals surface area contributed by atoms with Crippen molar-refractivity contribution in [3.8, 4) is 5.75 Å². The number of carbonyl (C=O) groups excluding carboxylic acids is 1. The zero-order valence-electron chi connectivity index (χ0n) is 5.91. The Balaban J connectivity index is 2.35. The summed E-state index contributed by atoms with van der Waals surface area (Å²) < 4.78 is 0. The van der Waals surface area contributed by atoms with Gasteiger partial charge in [-0.25, -0.2) is 0 Å². The maximum Gasteiger partial charge on any atom is 0.163 e. The van der Waals surface area contributed by atoms with E-state index in [9.17, 15) is 9.90 Å². The Kier molecular flexibility index (Phi) is 1.46. The van der Waals surface area contributed by atoms with Gasteiger partial charge in [-0.2, -0.15) is 0 Å². The van der Waals surface area contributed by atoms with Gasteiger partial charge in [0.25, 0.3) is 0 Å². The number of aromatic hydroxyl groups is 1. The van der Waals surface area contributed by atoms with Gasteiger partial charge in [-0.05, 0) is 24.8 Å². The maximum atomic E-state index is 10.3. The van der Waals surface area contributed by atoms with E-state index >= 15 is 0 Å². The molecule has 1 aliphatic rings. The quantitative estimate of drug-likeness (QED) is 0.687. The molecule has 0 aliphatic heterocycles. The molecule has 0 atom stereocenters. The third kappa shape index (κ3) is 1.16. The minimum absolute atomic E-state index is 0.145. The first-order valence-electron chi connectivity index (χ1n) is 3.59. The minimum Gasteiger partial charge on any atom is -0.506 e. The topological polar surface area (TPSA) is 37.3 Å². The van der Waals surface area contributed by atoms with Crippen LogP contribution in [0.25, 0.3) is 0 Å². The van der Waals surface area contributed by atoms with Crippen molar-refractivity contribution >= 4 is 17.6 Å². The van der Waals surface area contributed by atoms with Gasteiger partial charge in [-0.15, -0.1) is 11.3 Å². The van der Waals surface area contributed by atoms with Gasteiger partial charge < -0.3 is 5.11 Å². The zero-order chi connectivity index (χ0) is 7.84. The summed E-state index contributed by atoms with van der Waals surface area (Å²) in [5.74, 6) is 0.770. The van der Waals surface area contributed by atoms with Crippen LogP contribution in [0.2, 0.25) is 0 Å². The molecule has 0 bridgehead atoms. The van der Waals surface area contributed by atoms with Crippen LogP contribution in [-0.2, 0) is 0 Å². The second-order valence-corrected chi connectivity index (χ2v) is 3.91. The number of thiophene rings is 1. The van der Waals surface area contributed by atoms with Crippen LogP contribution in [0.1, 0.15) is 33.3 Å². The fourth-order valence-corrected chi connectivity index (χ4v) is 2.11. The van der Waals surface area contributed by atoms with E-state index in [-0.39, 0.29) is 5.75 Å². The van der Waals surface area contributed by atoms with Gasteiger partial charge in [0.15, 0.2) is 6.29 Å². The van der Waals surface area contributed by atoms with E-state index in [1.54, 1.807) is 6.07 Å². The maximum absolute atomic E-state index is 10.3. The third-order valence-corrected chi connectivity index (χ3v) is 3.06. The third-order valence-electron chi connectivity index (χ3n) is 1.85. The summed E-state index contributed by atoms with van der Waals surface area (Å²) >= 11 is 1.41. The molecule has 1 aromatic heterocycles. The summed E-state index contributed by atoms with van der Waals surface area (Å²) in [7, 11) is 0. The highest BCUT2D eigenvalue weighted by molar-refractivity contribution is 7.14. The van der Waals surface area contributed by atoms with Gasteiger partial charge in [0.05, 0.1) is 0 Å². The van der Waals surface area contributed by atoms with Gasteiger partial charge in [-0.3, -0.25) is 4.79 Å². The van der Waals surface area contributed by atoms with Crippen LogP contribution in [0.3, 0.4) is 0 Å². The summed E-state index contributed by atoms with van der Waals surface area (Å²) in [6.07, 6.45) is 3.13. The highest BCUT2D eigenvalue weighted by Crippen LogP contribution is 2.45. The molecule has 1 heterocycles. The number of carbonyl (C=O) groups is 1. The first-order chi connectivity index (χ1) is 5.31. The molecule has 1 N–H and O–H groups in total. The molecule has 3 heteroatoms. The number of hydrogen-bond donors (Lipinski definition) is 1. The average Bonchev–Trinajstić information content (AvgIpc) is 2.76. The summed E-state index contributed by atoms with van der Waals surface area (Å²) in [5, 5.41) is 9.19. The molecule has 2 nitrogen and oxygen atoms in total. The lowest BCUT2D eigenvalue weighted by Crippen LogP contribution is -1.66. The summed E-state index contributed by atoms with van der Waals surface area (Å²) in [6.45, 7) is 0. The minimum atomic E-state index is 0.145. The molecule has 0 aromatic carbocycles. The van der Waals surface area contributed by atoms with Crippen LogP contribution in [0, 0.1) is 0 Å². The summed E-state index contributed by atoms with van der Waals surface area (Å²) in [5.41, 5.74) is 0. The molecule has 1 aliphatic carbocycles. The molecule has 0 radical (unpaired) electrons. The van der Waals surface area contributed by atoms with Crippen LogP contribution < -0.4 is 0 Å². The van der Waals surface area contributed by atoms with Gasteiger partial charge in [0.1, 0.15) is 10.6 Å². The van der Waals surface area contributed by atoms with Gasteiger partial charge in [-0.1, -0.05) is 0 Å². The first kappa shape index (κ1) is 6.85. The molecule has 0 saturated heterocycles. The fraction of sp³-hybridized carbons (Fsp3) is 0.375. The van der Waals surface area contributed by atoms with Crippen molar-refractivity contribution in [2.45, 2.75) is 18.8 Å². The van der Waals surface area contributed by atoms with E-state index in [0.29, 0.717) is 17.1 Å². The number of hydrogen-bond acceptors (Lipinski definition) is 3. The highest BCUT2D eigenvalue weighted by Gasteiger charge is 2.26. The molecular weight excluding hydrogens is 160 g/mol. The number of aldehydes is 1. The van der Waals surface area contributed by atoms with E-state index in [2.05, 4.69) is 0 Å². The molecular formula is C8H8O2S. The second-order valence-electron chi connectivity index (χ2n) is 2.79. The Morgan fingerprint density at radius 2 is 2.36 bits per heavy atom. The van der Waals surface area contributed by atoms with Crippen LogP contribution in [-0.4, -0.2) is 11.4 Å².